The number of hydrogen-bond donors (Lipinski definition) is 2. The standard InChI is InChI=1S/C18H29N3O3.HI/c1-14(12-22-2)21-17(19)20-13-18(8-10-24-11-9-18)15-4-6-16(23-3)7-5-15;/h4-7,14H,8-13H2,1-3H3,(H3,19,20,21);1H. The van der Waals surface area contributed by atoms with E-state index in [0.717, 1.165) is 31.8 Å². The molecule has 0 aromatic heterocycles. The van der Waals surface area contributed by atoms with E-state index in [1.54, 1.807) is 14.2 Å². The van der Waals surface area contributed by atoms with Gasteiger partial charge in [0, 0.05) is 31.8 Å². The third-order valence-corrected chi connectivity index (χ3v) is 4.52. The average Bonchev–Trinajstić information content (AvgIpc) is 2.61. The van der Waals surface area contributed by atoms with Crippen molar-refractivity contribution in [1.82, 2.24) is 5.32 Å². The molecule has 142 valence electrons. The number of nitrogens with two attached hydrogens (primary N) is 1. The number of hydrogen-bond acceptors (Lipinski definition) is 4. The van der Waals surface area contributed by atoms with Crippen LogP contribution in [0.25, 0.3) is 0 Å². The molecule has 1 heterocycles. The second-order valence-electron chi connectivity index (χ2n) is 6.32. The summed E-state index contributed by atoms with van der Waals surface area (Å²) < 4.78 is 15.9. The molecule has 1 aliphatic rings. The minimum Gasteiger partial charge on any atom is -0.497 e. The predicted octanol–water partition coefficient (Wildman–Crippen LogP) is 2.30. The van der Waals surface area contributed by atoms with Gasteiger partial charge in [-0.05, 0) is 37.5 Å². The topological polar surface area (TPSA) is 78.1 Å². The van der Waals surface area contributed by atoms with Gasteiger partial charge < -0.3 is 25.3 Å². The molecule has 1 aromatic rings. The first-order chi connectivity index (χ1) is 11.6. The fourth-order valence-corrected chi connectivity index (χ4v) is 3.07. The van der Waals surface area contributed by atoms with Crippen LogP contribution in [0.3, 0.4) is 0 Å². The number of aliphatic imine (C=N–C) groups is 1. The molecule has 0 amide bonds. The third-order valence-electron chi connectivity index (χ3n) is 4.52. The molecule has 1 aromatic carbocycles. The normalized spacial score (nSPS) is 18.1. The summed E-state index contributed by atoms with van der Waals surface area (Å²) in [6.07, 6.45) is 1.87. The molecule has 0 aliphatic carbocycles. The number of halogens is 1. The van der Waals surface area contributed by atoms with E-state index in [4.69, 9.17) is 19.9 Å². The van der Waals surface area contributed by atoms with Gasteiger partial charge in [0.05, 0.1) is 20.3 Å². The zero-order chi connectivity index (χ0) is 17.4. The Labute approximate surface area is 167 Å². The molecule has 1 saturated heterocycles. The van der Waals surface area contributed by atoms with Crippen LogP contribution in [0.15, 0.2) is 29.3 Å². The molecular formula is C18H30IN3O3. The summed E-state index contributed by atoms with van der Waals surface area (Å²) in [4.78, 5) is 4.60. The van der Waals surface area contributed by atoms with Crippen LogP contribution in [-0.4, -0.2) is 52.6 Å². The molecule has 2 rings (SSSR count). The summed E-state index contributed by atoms with van der Waals surface area (Å²) in [6.45, 7) is 4.73. The molecule has 1 fully saturated rings. The van der Waals surface area contributed by atoms with E-state index in [1.165, 1.54) is 5.56 Å². The molecule has 1 unspecified atom stereocenters. The highest BCUT2D eigenvalue weighted by molar-refractivity contribution is 14.0. The Morgan fingerprint density at radius 2 is 1.92 bits per heavy atom. The number of nitrogens with one attached hydrogen (secondary N) is 1. The summed E-state index contributed by atoms with van der Waals surface area (Å²) in [7, 11) is 3.35. The zero-order valence-electron chi connectivity index (χ0n) is 15.3. The second-order valence-corrected chi connectivity index (χ2v) is 6.32. The summed E-state index contributed by atoms with van der Waals surface area (Å²) in [5.41, 5.74) is 7.25. The molecule has 3 N–H and O–H groups in total. The fourth-order valence-electron chi connectivity index (χ4n) is 3.07. The largest absolute Gasteiger partial charge is 0.497 e. The monoisotopic (exact) mass is 463 g/mol. The Morgan fingerprint density at radius 3 is 2.48 bits per heavy atom. The lowest BCUT2D eigenvalue weighted by molar-refractivity contribution is 0.0531. The van der Waals surface area contributed by atoms with Crippen LogP contribution < -0.4 is 15.8 Å². The minimum absolute atomic E-state index is 0. The van der Waals surface area contributed by atoms with E-state index >= 15 is 0 Å². The molecular weight excluding hydrogens is 433 g/mol. The van der Waals surface area contributed by atoms with E-state index in [2.05, 4.69) is 22.4 Å². The molecule has 0 spiro atoms. The Morgan fingerprint density at radius 1 is 1.28 bits per heavy atom. The number of rotatable bonds is 7. The molecule has 6 nitrogen and oxygen atoms in total. The number of guanidine groups is 1. The van der Waals surface area contributed by atoms with Gasteiger partial charge in [0.15, 0.2) is 5.96 Å². The summed E-state index contributed by atoms with van der Waals surface area (Å²) in [5, 5.41) is 3.16. The Bertz CT molecular complexity index is 531. The van der Waals surface area contributed by atoms with Crippen molar-refractivity contribution in [3.05, 3.63) is 29.8 Å². The van der Waals surface area contributed by atoms with E-state index in [-0.39, 0.29) is 35.4 Å². The van der Waals surface area contributed by atoms with Crippen molar-refractivity contribution in [2.24, 2.45) is 10.7 Å². The lowest BCUT2D eigenvalue weighted by Crippen LogP contribution is -2.43. The van der Waals surface area contributed by atoms with Crippen molar-refractivity contribution in [3.8, 4) is 5.75 Å². The maximum Gasteiger partial charge on any atom is 0.188 e. The van der Waals surface area contributed by atoms with Crippen molar-refractivity contribution in [2.75, 3.05) is 40.6 Å². The quantitative estimate of drug-likeness (QED) is 0.369. The number of ether oxygens (including phenoxy) is 3. The maximum absolute atomic E-state index is 6.04. The average molecular weight is 463 g/mol. The molecule has 1 aliphatic heterocycles. The van der Waals surface area contributed by atoms with E-state index in [9.17, 15) is 0 Å². The Hall–Kier alpha value is -1.06. The summed E-state index contributed by atoms with van der Waals surface area (Å²) >= 11 is 0. The van der Waals surface area contributed by atoms with Gasteiger partial charge in [0.1, 0.15) is 5.75 Å². The first kappa shape index (κ1) is 22.0. The van der Waals surface area contributed by atoms with Gasteiger partial charge in [-0.15, -0.1) is 24.0 Å². The van der Waals surface area contributed by atoms with Gasteiger partial charge in [-0.2, -0.15) is 0 Å². The fraction of sp³-hybridized carbons (Fsp3) is 0.611. The van der Waals surface area contributed by atoms with Gasteiger partial charge in [0.2, 0.25) is 0 Å². The van der Waals surface area contributed by atoms with Crippen molar-refractivity contribution in [3.63, 3.8) is 0 Å². The highest BCUT2D eigenvalue weighted by atomic mass is 127. The Kier molecular flexibility index (Phi) is 9.52. The van der Waals surface area contributed by atoms with Crippen LogP contribution in [0.1, 0.15) is 25.3 Å². The molecule has 0 bridgehead atoms. The highest BCUT2D eigenvalue weighted by Crippen LogP contribution is 2.36. The Balaban J connectivity index is 0.00000312. The maximum atomic E-state index is 6.04. The van der Waals surface area contributed by atoms with Gasteiger partial charge in [-0.1, -0.05) is 12.1 Å². The molecule has 0 saturated carbocycles. The number of benzene rings is 1. The smallest absolute Gasteiger partial charge is 0.188 e. The van der Waals surface area contributed by atoms with Crippen molar-refractivity contribution >= 4 is 29.9 Å². The third kappa shape index (κ3) is 6.31. The minimum atomic E-state index is -0.0404. The van der Waals surface area contributed by atoms with Crippen molar-refractivity contribution in [1.29, 1.82) is 0 Å². The van der Waals surface area contributed by atoms with Crippen LogP contribution in [0.2, 0.25) is 0 Å². The van der Waals surface area contributed by atoms with E-state index in [0.29, 0.717) is 19.1 Å². The molecule has 0 radical (unpaired) electrons. The first-order valence-electron chi connectivity index (χ1n) is 8.37. The van der Waals surface area contributed by atoms with Gasteiger partial charge in [0.25, 0.3) is 0 Å². The summed E-state index contributed by atoms with van der Waals surface area (Å²) in [5.74, 6) is 1.32. The van der Waals surface area contributed by atoms with Crippen molar-refractivity contribution in [2.45, 2.75) is 31.2 Å². The molecule has 25 heavy (non-hydrogen) atoms. The number of nitrogens with zero attached hydrogens (tertiary/aromatic N) is 1. The lowest BCUT2D eigenvalue weighted by atomic mass is 9.74. The van der Waals surface area contributed by atoms with Gasteiger partial charge in [-0.3, -0.25) is 4.99 Å². The summed E-state index contributed by atoms with van der Waals surface area (Å²) in [6, 6.07) is 8.37. The van der Waals surface area contributed by atoms with Crippen LogP contribution >= 0.6 is 24.0 Å². The van der Waals surface area contributed by atoms with Crippen LogP contribution in [0.5, 0.6) is 5.75 Å². The van der Waals surface area contributed by atoms with E-state index in [1.807, 2.05) is 19.1 Å². The first-order valence-corrected chi connectivity index (χ1v) is 8.37. The SMILES string of the molecule is COCC(C)NC(N)=NCC1(c2ccc(OC)cc2)CCOCC1.I. The van der Waals surface area contributed by atoms with Crippen LogP contribution in [0.4, 0.5) is 0 Å². The highest BCUT2D eigenvalue weighted by Gasteiger charge is 2.34. The predicted molar refractivity (Wildman–Crippen MR) is 111 cm³/mol. The van der Waals surface area contributed by atoms with Crippen LogP contribution in [-0.2, 0) is 14.9 Å². The lowest BCUT2D eigenvalue weighted by Gasteiger charge is -2.36. The second kappa shape index (κ2) is 10.8. The van der Waals surface area contributed by atoms with Gasteiger partial charge in [-0.25, -0.2) is 0 Å². The molecule has 1 atom stereocenters. The number of methoxy groups -OCH3 is 2. The van der Waals surface area contributed by atoms with Crippen molar-refractivity contribution < 1.29 is 14.2 Å². The zero-order valence-corrected chi connectivity index (χ0v) is 17.6. The van der Waals surface area contributed by atoms with Crippen LogP contribution in [0, 0.1) is 0 Å². The van der Waals surface area contributed by atoms with E-state index < -0.39 is 0 Å². The molecule has 7 heteroatoms. The van der Waals surface area contributed by atoms with Gasteiger partial charge >= 0.3 is 0 Å².